The van der Waals surface area contributed by atoms with Gasteiger partial charge in [0.15, 0.2) is 13.9 Å². The van der Waals surface area contributed by atoms with Crippen molar-refractivity contribution < 1.29 is 19.1 Å². The molecule has 3 atom stereocenters. The summed E-state index contributed by atoms with van der Waals surface area (Å²) >= 11 is 0. The van der Waals surface area contributed by atoms with Gasteiger partial charge < -0.3 is 14.3 Å². The number of carbonyl (C=O) groups excluding carboxylic acids is 1. The number of rotatable bonds is 6. The Hall–Kier alpha value is -0.913. The van der Waals surface area contributed by atoms with Crippen LogP contribution < -0.4 is 0 Å². The molecule has 0 spiro atoms. The highest BCUT2D eigenvalue weighted by Gasteiger charge is 2.50. The van der Waals surface area contributed by atoms with Crippen LogP contribution in [-0.2, 0) is 14.0 Å². The maximum absolute atomic E-state index is 12.2. The molecule has 0 aromatic carbocycles. The predicted octanol–water partition coefficient (Wildman–Crippen LogP) is 4.21. The number of methoxy groups -OCH3 is 1. The Balaban J connectivity index is 3.10. The first kappa shape index (κ1) is 21.1. The summed E-state index contributed by atoms with van der Waals surface area (Å²) in [5.74, 6) is -0.557. The molecule has 0 radical (unpaired) electrons. The highest BCUT2D eigenvalue weighted by molar-refractivity contribution is 6.74. The fraction of sp³-hybridized carbons (Fsp3) is 0.737. The van der Waals surface area contributed by atoms with Crippen LogP contribution in [0.25, 0.3) is 0 Å². The SMILES string of the molecule is C=CCC[C@H]1C[C@@](O)(C(=O)OC)C[C@@H](O[Si](C)(C)C(C)(C)C)C1=C. The maximum atomic E-state index is 12.2. The zero-order valence-corrected chi connectivity index (χ0v) is 17.1. The van der Waals surface area contributed by atoms with Crippen LogP contribution in [0.2, 0.25) is 18.1 Å². The standard InChI is InChI=1S/C19H34O4Si/c1-9-10-11-15-12-19(21,17(20)22-6)13-16(14(15)2)23-24(7,8)18(3,4)5/h9,15-16,21H,1-2,10-13H2,3-8H3/t15-,16+,19-/m0/s1. The van der Waals surface area contributed by atoms with Crippen molar-refractivity contribution in [1.29, 1.82) is 0 Å². The first-order valence-electron chi connectivity index (χ1n) is 8.66. The molecular weight excluding hydrogens is 320 g/mol. The summed E-state index contributed by atoms with van der Waals surface area (Å²) in [4.78, 5) is 12.2. The second-order valence-corrected chi connectivity index (χ2v) is 13.2. The van der Waals surface area contributed by atoms with E-state index in [0.717, 1.165) is 18.4 Å². The summed E-state index contributed by atoms with van der Waals surface area (Å²) in [5, 5.41) is 10.9. The van der Waals surface area contributed by atoms with Crippen molar-refractivity contribution >= 4 is 14.3 Å². The van der Waals surface area contributed by atoms with Crippen LogP contribution in [0.5, 0.6) is 0 Å². The van der Waals surface area contributed by atoms with E-state index in [0.29, 0.717) is 6.42 Å². The van der Waals surface area contributed by atoms with E-state index in [1.807, 2.05) is 6.08 Å². The Bertz CT molecular complexity index is 492. The fourth-order valence-electron chi connectivity index (χ4n) is 2.94. The molecule has 4 nitrogen and oxygen atoms in total. The molecule has 24 heavy (non-hydrogen) atoms. The van der Waals surface area contributed by atoms with Crippen molar-refractivity contribution in [2.45, 2.75) is 76.3 Å². The normalized spacial score (nSPS) is 28.5. The van der Waals surface area contributed by atoms with Gasteiger partial charge in [0.25, 0.3) is 0 Å². The molecule has 1 N–H and O–H groups in total. The molecule has 0 heterocycles. The van der Waals surface area contributed by atoms with Crippen LogP contribution in [0.15, 0.2) is 24.8 Å². The van der Waals surface area contributed by atoms with Gasteiger partial charge in [-0.2, -0.15) is 0 Å². The Kier molecular flexibility index (Phi) is 6.64. The lowest BCUT2D eigenvalue weighted by Gasteiger charge is -2.46. The third-order valence-electron chi connectivity index (χ3n) is 5.57. The van der Waals surface area contributed by atoms with Gasteiger partial charge in [0.2, 0.25) is 0 Å². The molecule has 1 aliphatic carbocycles. The summed E-state index contributed by atoms with van der Waals surface area (Å²) in [5.41, 5.74) is -0.523. The smallest absolute Gasteiger partial charge is 0.337 e. The van der Waals surface area contributed by atoms with E-state index in [-0.39, 0.29) is 23.5 Å². The summed E-state index contributed by atoms with van der Waals surface area (Å²) in [6.45, 7) is 18.9. The molecule has 1 fully saturated rings. The van der Waals surface area contributed by atoms with Crippen LogP contribution in [-0.4, -0.2) is 38.2 Å². The summed E-state index contributed by atoms with van der Waals surface area (Å²) in [6, 6.07) is 0. The molecule has 1 rings (SSSR count). The zero-order valence-electron chi connectivity index (χ0n) is 16.1. The van der Waals surface area contributed by atoms with Crippen LogP contribution in [0.3, 0.4) is 0 Å². The van der Waals surface area contributed by atoms with E-state index in [1.54, 1.807) is 0 Å². The van der Waals surface area contributed by atoms with Gasteiger partial charge in [0.05, 0.1) is 13.2 Å². The van der Waals surface area contributed by atoms with Crippen molar-refractivity contribution in [3.05, 3.63) is 24.8 Å². The highest BCUT2D eigenvalue weighted by atomic mass is 28.4. The number of hydrogen-bond acceptors (Lipinski definition) is 4. The molecule has 5 heteroatoms. The van der Waals surface area contributed by atoms with E-state index in [4.69, 9.17) is 9.16 Å². The van der Waals surface area contributed by atoms with E-state index in [1.165, 1.54) is 7.11 Å². The minimum atomic E-state index is -2.05. The average Bonchev–Trinajstić information content (AvgIpc) is 2.46. The van der Waals surface area contributed by atoms with Crippen LogP contribution in [0, 0.1) is 5.92 Å². The lowest BCUT2D eigenvalue weighted by molar-refractivity contribution is -0.169. The third kappa shape index (κ3) is 4.58. The summed E-state index contributed by atoms with van der Waals surface area (Å²) < 4.78 is 11.3. The van der Waals surface area contributed by atoms with Crippen molar-refractivity contribution in [3.63, 3.8) is 0 Å². The summed E-state index contributed by atoms with van der Waals surface area (Å²) in [7, 11) is -0.735. The fourth-order valence-corrected chi connectivity index (χ4v) is 4.24. The number of carbonyl (C=O) groups is 1. The first-order chi connectivity index (χ1) is 10.9. The van der Waals surface area contributed by atoms with Gasteiger partial charge >= 0.3 is 5.97 Å². The van der Waals surface area contributed by atoms with E-state index in [9.17, 15) is 9.90 Å². The molecule has 0 aromatic heterocycles. The lowest BCUT2D eigenvalue weighted by atomic mass is 9.72. The lowest BCUT2D eigenvalue weighted by Crippen LogP contribution is -2.53. The topological polar surface area (TPSA) is 55.8 Å². The van der Waals surface area contributed by atoms with Crippen LogP contribution >= 0.6 is 0 Å². The third-order valence-corrected chi connectivity index (χ3v) is 10.1. The van der Waals surface area contributed by atoms with E-state index >= 15 is 0 Å². The van der Waals surface area contributed by atoms with Gasteiger partial charge in [0, 0.05) is 6.42 Å². The second-order valence-electron chi connectivity index (χ2n) is 8.44. The minimum Gasteiger partial charge on any atom is -0.467 e. The van der Waals surface area contributed by atoms with Crippen LogP contribution in [0.1, 0.15) is 46.5 Å². The molecule has 1 saturated carbocycles. The molecule has 0 aliphatic heterocycles. The Labute approximate surface area is 148 Å². The molecule has 0 bridgehead atoms. The van der Waals surface area contributed by atoms with Crippen molar-refractivity contribution in [2.75, 3.05) is 7.11 Å². The zero-order chi connectivity index (χ0) is 18.8. The number of hydrogen-bond donors (Lipinski definition) is 1. The monoisotopic (exact) mass is 354 g/mol. The number of esters is 1. The Morgan fingerprint density at radius 1 is 1.42 bits per heavy atom. The Morgan fingerprint density at radius 3 is 2.46 bits per heavy atom. The average molecular weight is 355 g/mol. The van der Waals surface area contributed by atoms with Crippen LogP contribution in [0.4, 0.5) is 0 Å². The summed E-state index contributed by atoms with van der Waals surface area (Å²) in [6.07, 6.45) is 3.70. The molecule has 0 amide bonds. The van der Waals surface area contributed by atoms with Crippen molar-refractivity contribution in [3.8, 4) is 0 Å². The second kappa shape index (κ2) is 7.54. The largest absolute Gasteiger partial charge is 0.467 e. The molecule has 0 unspecified atom stereocenters. The van der Waals surface area contributed by atoms with E-state index in [2.05, 4.69) is 47.0 Å². The predicted molar refractivity (Wildman–Crippen MR) is 100 cm³/mol. The van der Waals surface area contributed by atoms with E-state index < -0.39 is 19.9 Å². The highest BCUT2D eigenvalue weighted by Crippen LogP contribution is 2.44. The quantitative estimate of drug-likeness (QED) is 0.441. The number of ether oxygens (including phenoxy) is 1. The van der Waals surface area contributed by atoms with Gasteiger partial charge in [-0.05, 0) is 48.9 Å². The van der Waals surface area contributed by atoms with Gasteiger partial charge in [-0.3, -0.25) is 0 Å². The van der Waals surface area contributed by atoms with Gasteiger partial charge in [-0.1, -0.05) is 33.4 Å². The van der Waals surface area contributed by atoms with Crippen molar-refractivity contribution in [2.24, 2.45) is 5.92 Å². The number of aliphatic hydroxyl groups is 1. The molecule has 138 valence electrons. The molecule has 1 aliphatic rings. The van der Waals surface area contributed by atoms with Gasteiger partial charge in [0.1, 0.15) is 0 Å². The molecule has 0 saturated heterocycles. The van der Waals surface area contributed by atoms with Gasteiger partial charge in [-0.25, -0.2) is 4.79 Å². The molecule has 0 aromatic rings. The maximum Gasteiger partial charge on any atom is 0.337 e. The molecular formula is C19H34O4Si. The minimum absolute atomic E-state index is 0.0237. The Morgan fingerprint density at radius 2 is 2.00 bits per heavy atom. The first-order valence-corrected chi connectivity index (χ1v) is 11.6. The van der Waals surface area contributed by atoms with Crippen molar-refractivity contribution in [1.82, 2.24) is 0 Å². The number of allylic oxidation sites excluding steroid dienone is 1. The van der Waals surface area contributed by atoms with Gasteiger partial charge in [-0.15, -0.1) is 6.58 Å².